The molecule has 0 saturated carbocycles. The molecule has 2 aromatic rings. The predicted octanol–water partition coefficient (Wildman–Crippen LogP) is 2.77. The van der Waals surface area contributed by atoms with Gasteiger partial charge in [-0.3, -0.25) is 4.79 Å². The number of nitrogens with one attached hydrogen (secondary N) is 1. The fourth-order valence-electron chi connectivity index (χ4n) is 1.76. The van der Waals surface area contributed by atoms with Crippen LogP contribution < -0.4 is 10.9 Å². The van der Waals surface area contributed by atoms with Gasteiger partial charge in [-0.25, -0.2) is 0 Å². The van der Waals surface area contributed by atoms with Crippen LogP contribution in [0, 0.1) is 6.92 Å². The maximum Gasteiger partial charge on any atom is 0.250 e. The number of halogens is 1. The van der Waals surface area contributed by atoms with E-state index in [0.717, 1.165) is 23.3 Å². The second kappa shape index (κ2) is 6.31. The van der Waals surface area contributed by atoms with E-state index in [9.17, 15) is 4.79 Å². The van der Waals surface area contributed by atoms with Crippen LogP contribution in [0.15, 0.2) is 38.9 Å². The van der Waals surface area contributed by atoms with Crippen molar-refractivity contribution in [2.45, 2.75) is 20.0 Å². The lowest BCUT2D eigenvalue weighted by Gasteiger charge is -2.09. The summed E-state index contributed by atoms with van der Waals surface area (Å²) >= 11 is 5.16. The van der Waals surface area contributed by atoms with E-state index in [0.29, 0.717) is 6.54 Å². The summed E-state index contributed by atoms with van der Waals surface area (Å²) in [5.41, 5.74) is 1.07. The third-order valence-electron chi connectivity index (χ3n) is 2.70. The molecule has 2 rings (SSSR count). The second-order valence-corrected chi connectivity index (χ2v) is 5.98. The Morgan fingerprint density at radius 1 is 1.44 bits per heavy atom. The molecule has 0 saturated heterocycles. The molecule has 18 heavy (non-hydrogen) atoms. The molecule has 0 fully saturated rings. The van der Waals surface area contributed by atoms with Crippen LogP contribution in [0.5, 0.6) is 0 Å². The topological polar surface area (TPSA) is 34.0 Å². The van der Waals surface area contributed by atoms with Crippen molar-refractivity contribution in [1.82, 2.24) is 9.88 Å². The molecule has 2 heterocycles. The molecule has 0 bridgehead atoms. The van der Waals surface area contributed by atoms with Crippen LogP contribution in [0.25, 0.3) is 0 Å². The highest BCUT2D eigenvalue weighted by atomic mass is 79.9. The number of aryl methyl sites for hydroxylation is 1. The van der Waals surface area contributed by atoms with Gasteiger partial charge in [0.2, 0.25) is 0 Å². The average molecular weight is 327 g/mol. The lowest BCUT2D eigenvalue weighted by molar-refractivity contribution is 0.577. The van der Waals surface area contributed by atoms with Crippen molar-refractivity contribution in [3.63, 3.8) is 0 Å². The van der Waals surface area contributed by atoms with Crippen LogP contribution in [0.4, 0.5) is 0 Å². The first kappa shape index (κ1) is 13.5. The number of thiophene rings is 1. The minimum absolute atomic E-state index is 0.0654. The summed E-state index contributed by atoms with van der Waals surface area (Å²) in [5, 5.41) is 5.42. The van der Waals surface area contributed by atoms with Crippen LogP contribution in [-0.2, 0) is 13.1 Å². The summed E-state index contributed by atoms with van der Waals surface area (Å²) in [4.78, 5) is 12.9. The fraction of sp³-hybridized carbons (Fsp3) is 0.308. The highest BCUT2D eigenvalue weighted by Gasteiger charge is 2.00. The Labute approximate surface area is 119 Å². The van der Waals surface area contributed by atoms with Crippen LogP contribution in [0.3, 0.4) is 0 Å². The largest absolute Gasteiger partial charge is 0.312 e. The molecule has 0 unspecified atom stereocenters. The zero-order chi connectivity index (χ0) is 13.0. The van der Waals surface area contributed by atoms with Gasteiger partial charge in [-0.1, -0.05) is 6.07 Å². The van der Waals surface area contributed by atoms with E-state index in [1.807, 2.05) is 13.0 Å². The van der Waals surface area contributed by atoms with E-state index in [1.54, 1.807) is 28.0 Å². The number of hydrogen-bond donors (Lipinski definition) is 1. The molecule has 5 heteroatoms. The van der Waals surface area contributed by atoms with Crippen LogP contribution >= 0.6 is 27.3 Å². The van der Waals surface area contributed by atoms with Gasteiger partial charge < -0.3 is 9.88 Å². The standard InChI is InChI=1S/C13H15BrN2OS/c1-10-3-2-4-13(17)16(10)6-5-15-8-12-7-11(14)9-18-12/h2-4,7,9,15H,5-6,8H2,1H3. The zero-order valence-electron chi connectivity index (χ0n) is 10.1. The average Bonchev–Trinajstić information content (AvgIpc) is 2.73. The maximum absolute atomic E-state index is 11.6. The number of nitrogens with zero attached hydrogens (tertiary/aromatic N) is 1. The normalized spacial score (nSPS) is 10.8. The molecule has 0 amide bonds. The van der Waals surface area contributed by atoms with Gasteiger partial charge in [-0.15, -0.1) is 11.3 Å². The Balaban J connectivity index is 1.84. The lowest BCUT2D eigenvalue weighted by Crippen LogP contribution is -2.27. The Kier molecular flexibility index (Phi) is 4.74. The highest BCUT2D eigenvalue weighted by Crippen LogP contribution is 2.19. The molecule has 0 aromatic carbocycles. The van der Waals surface area contributed by atoms with E-state index in [2.05, 4.69) is 32.7 Å². The van der Waals surface area contributed by atoms with E-state index in [-0.39, 0.29) is 5.56 Å². The van der Waals surface area contributed by atoms with Crippen molar-refractivity contribution >= 4 is 27.3 Å². The van der Waals surface area contributed by atoms with Gasteiger partial charge in [0.15, 0.2) is 0 Å². The van der Waals surface area contributed by atoms with Crippen LogP contribution in [0.1, 0.15) is 10.6 Å². The first-order valence-corrected chi connectivity index (χ1v) is 7.44. The minimum Gasteiger partial charge on any atom is -0.312 e. The highest BCUT2D eigenvalue weighted by molar-refractivity contribution is 9.10. The van der Waals surface area contributed by atoms with Crippen molar-refractivity contribution in [1.29, 1.82) is 0 Å². The molecule has 2 aromatic heterocycles. The second-order valence-electron chi connectivity index (χ2n) is 4.07. The summed E-state index contributed by atoms with van der Waals surface area (Å²) in [7, 11) is 0. The predicted molar refractivity (Wildman–Crippen MR) is 79.2 cm³/mol. The third-order valence-corrected chi connectivity index (χ3v) is 4.40. The smallest absolute Gasteiger partial charge is 0.250 e. The lowest BCUT2D eigenvalue weighted by atomic mass is 10.3. The molecule has 0 aliphatic carbocycles. The Bertz CT molecular complexity index is 576. The van der Waals surface area contributed by atoms with Crippen LogP contribution in [-0.4, -0.2) is 11.1 Å². The van der Waals surface area contributed by atoms with Gasteiger partial charge in [-0.05, 0) is 35.0 Å². The van der Waals surface area contributed by atoms with Crippen molar-refractivity contribution in [2.24, 2.45) is 0 Å². The zero-order valence-corrected chi connectivity index (χ0v) is 12.6. The summed E-state index contributed by atoms with van der Waals surface area (Å²) < 4.78 is 2.91. The quantitative estimate of drug-likeness (QED) is 0.857. The molecule has 0 radical (unpaired) electrons. The molecule has 3 nitrogen and oxygen atoms in total. The molecule has 0 spiro atoms. The van der Waals surface area contributed by atoms with Crippen molar-refractivity contribution in [2.75, 3.05) is 6.54 Å². The van der Waals surface area contributed by atoms with E-state index < -0.39 is 0 Å². The van der Waals surface area contributed by atoms with E-state index in [1.165, 1.54) is 4.88 Å². The number of aromatic nitrogens is 1. The van der Waals surface area contributed by atoms with Crippen molar-refractivity contribution in [3.05, 3.63) is 55.0 Å². The Hall–Kier alpha value is -0.910. The summed E-state index contributed by atoms with van der Waals surface area (Å²) in [6.45, 7) is 4.30. The van der Waals surface area contributed by atoms with E-state index in [4.69, 9.17) is 0 Å². The SMILES string of the molecule is Cc1cccc(=O)n1CCNCc1cc(Br)cs1. The van der Waals surface area contributed by atoms with Gasteiger partial charge in [0.05, 0.1) is 0 Å². The van der Waals surface area contributed by atoms with Gasteiger partial charge in [0.25, 0.3) is 5.56 Å². The summed E-state index contributed by atoms with van der Waals surface area (Å²) in [6, 6.07) is 7.46. The first-order valence-electron chi connectivity index (χ1n) is 5.77. The minimum atomic E-state index is 0.0654. The molecule has 96 valence electrons. The number of hydrogen-bond acceptors (Lipinski definition) is 3. The van der Waals surface area contributed by atoms with Crippen LogP contribution in [0.2, 0.25) is 0 Å². The molecule has 0 aliphatic rings. The molecular weight excluding hydrogens is 312 g/mol. The molecule has 0 aliphatic heterocycles. The van der Waals surface area contributed by atoms with Crippen molar-refractivity contribution in [3.8, 4) is 0 Å². The fourth-order valence-corrected chi connectivity index (χ4v) is 3.18. The number of pyridine rings is 1. The summed E-state index contributed by atoms with van der Waals surface area (Å²) in [5.74, 6) is 0. The van der Waals surface area contributed by atoms with Gasteiger partial charge >= 0.3 is 0 Å². The Morgan fingerprint density at radius 3 is 2.94 bits per heavy atom. The van der Waals surface area contributed by atoms with Gasteiger partial charge in [0.1, 0.15) is 0 Å². The summed E-state index contributed by atoms with van der Waals surface area (Å²) in [6.07, 6.45) is 0. The van der Waals surface area contributed by atoms with E-state index >= 15 is 0 Å². The third kappa shape index (κ3) is 3.54. The molecule has 1 N–H and O–H groups in total. The van der Waals surface area contributed by atoms with Gasteiger partial charge in [-0.2, -0.15) is 0 Å². The number of rotatable bonds is 5. The van der Waals surface area contributed by atoms with Crippen molar-refractivity contribution < 1.29 is 0 Å². The maximum atomic E-state index is 11.6. The molecule has 0 atom stereocenters. The van der Waals surface area contributed by atoms with Gasteiger partial charge in [0, 0.05) is 46.1 Å². The molecular formula is C13H15BrN2OS. The monoisotopic (exact) mass is 326 g/mol. The first-order chi connectivity index (χ1) is 8.66. The Morgan fingerprint density at radius 2 is 2.28 bits per heavy atom.